The Morgan fingerprint density at radius 2 is 1.35 bits per heavy atom. The average Bonchev–Trinajstić information content (AvgIpc) is 3.50. The van der Waals surface area contributed by atoms with E-state index in [4.69, 9.17) is 4.42 Å². The monoisotopic (exact) mass is 488 g/mol. The number of carbonyl (C=O) groups is 3. The summed E-state index contributed by atoms with van der Waals surface area (Å²) in [5.41, 5.74) is 5.19. The maximum atomic E-state index is 13.6. The Hall–Kier alpha value is -4.78. The molecule has 8 rings (SSSR count). The molecule has 7 heteroatoms. The smallest absolute Gasteiger partial charge is 0.335 e. The van der Waals surface area contributed by atoms with Crippen LogP contribution in [-0.2, 0) is 9.59 Å². The van der Waals surface area contributed by atoms with Gasteiger partial charge in [0.15, 0.2) is 0 Å². The van der Waals surface area contributed by atoms with Crippen molar-refractivity contribution in [3.8, 4) is 11.3 Å². The first-order valence-corrected chi connectivity index (χ1v) is 12.1. The van der Waals surface area contributed by atoms with Crippen LogP contribution in [0.3, 0.4) is 0 Å². The average molecular weight is 488 g/mol. The van der Waals surface area contributed by atoms with E-state index in [9.17, 15) is 19.5 Å². The maximum Gasteiger partial charge on any atom is 0.335 e. The third kappa shape index (κ3) is 3.07. The quantitative estimate of drug-likeness (QED) is 0.326. The lowest BCUT2D eigenvalue weighted by Crippen LogP contribution is -2.41. The minimum Gasteiger partial charge on any atom is -0.478 e. The van der Waals surface area contributed by atoms with Crippen molar-refractivity contribution in [3.63, 3.8) is 0 Å². The minimum atomic E-state index is -1.03. The maximum absolute atomic E-state index is 13.6. The summed E-state index contributed by atoms with van der Waals surface area (Å²) in [6.45, 7) is 0. The predicted octanol–water partition coefficient (Wildman–Crippen LogP) is 4.87. The lowest BCUT2D eigenvalue weighted by atomic mass is 9.55. The predicted molar refractivity (Wildman–Crippen MR) is 134 cm³/mol. The van der Waals surface area contributed by atoms with Gasteiger partial charge in [-0.1, -0.05) is 60.7 Å². The largest absolute Gasteiger partial charge is 0.478 e. The zero-order chi connectivity index (χ0) is 25.3. The molecule has 37 heavy (non-hydrogen) atoms. The number of imide groups is 1. The number of furan rings is 1. The second-order valence-electron chi connectivity index (χ2n) is 9.59. The molecule has 2 bridgehead atoms. The molecule has 1 fully saturated rings. The van der Waals surface area contributed by atoms with Crippen LogP contribution in [0.15, 0.2) is 94.4 Å². The molecule has 0 radical (unpaired) electrons. The van der Waals surface area contributed by atoms with E-state index in [-0.39, 0.29) is 29.2 Å². The molecule has 3 aromatic carbocycles. The van der Waals surface area contributed by atoms with Gasteiger partial charge in [-0.25, -0.2) is 4.79 Å². The number of carboxylic acids is 1. The van der Waals surface area contributed by atoms with Crippen molar-refractivity contribution in [1.29, 1.82) is 0 Å². The summed E-state index contributed by atoms with van der Waals surface area (Å²) in [6.07, 6.45) is 1.36. The number of aromatic carboxylic acids is 1. The topological polar surface area (TPSA) is 100 Å². The fourth-order valence-electron chi connectivity index (χ4n) is 6.27. The van der Waals surface area contributed by atoms with Crippen molar-refractivity contribution in [3.05, 3.63) is 119 Å². The third-order valence-corrected chi connectivity index (χ3v) is 7.75. The normalized spacial score (nSPS) is 23.3. The highest BCUT2D eigenvalue weighted by Crippen LogP contribution is 2.60. The number of amides is 2. The molecule has 4 aliphatic rings. The number of carbonyl (C=O) groups excluding carboxylic acids is 2. The number of benzene rings is 3. The van der Waals surface area contributed by atoms with E-state index < -0.39 is 17.8 Å². The Labute approximate surface area is 211 Å². The van der Waals surface area contributed by atoms with Gasteiger partial charge in [0.2, 0.25) is 0 Å². The SMILES string of the molecule is O=C(O)c1cccc(-c2ccc(/C=N\N3C(=O)[C@@H]4C5c6ccccc6C(c6ccccc65)[C@H]4C3=O)o2)c1. The van der Waals surface area contributed by atoms with E-state index in [0.29, 0.717) is 17.1 Å². The van der Waals surface area contributed by atoms with Gasteiger partial charge in [0.05, 0.1) is 23.6 Å². The molecule has 4 aromatic rings. The third-order valence-electron chi connectivity index (χ3n) is 7.75. The van der Waals surface area contributed by atoms with Gasteiger partial charge in [-0.3, -0.25) is 9.59 Å². The highest BCUT2D eigenvalue weighted by Gasteiger charge is 2.61. The van der Waals surface area contributed by atoms with Gasteiger partial charge >= 0.3 is 5.97 Å². The molecule has 2 amide bonds. The summed E-state index contributed by atoms with van der Waals surface area (Å²) in [5, 5.41) is 14.5. The summed E-state index contributed by atoms with van der Waals surface area (Å²) >= 11 is 0. The van der Waals surface area contributed by atoms with Crippen LogP contribution in [0.4, 0.5) is 0 Å². The van der Waals surface area contributed by atoms with Crippen molar-refractivity contribution >= 4 is 24.0 Å². The molecule has 3 aliphatic carbocycles. The van der Waals surface area contributed by atoms with Crippen molar-refractivity contribution in [2.75, 3.05) is 0 Å². The van der Waals surface area contributed by atoms with Crippen molar-refractivity contribution in [1.82, 2.24) is 5.01 Å². The molecule has 2 heterocycles. The van der Waals surface area contributed by atoms with Gasteiger partial charge in [-0.15, -0.1) is 0 Å². The minimum absolute atomic E-state index is 0.150. The Bertz CT molecular complexity index is 1540. The second-order valence-corrected chi connectivity index (χ2v) is 9.59. The second kappa shape index (κ2) is 7.86. The zero-order valence-corrected chi connectivity index (χ0v) is 19.4. The van der Waals surface area contributed by atoms with E-state index in [0.717, 1.165) is 27.3 Å². The Morgan fingerprint density at radius 3 is 1.89 bits per heavy atom. The van der Waals surface area contributed by atoms with E-state index in [2.05, 4.69) is 29.4 Å². The van der Waals surface area contributed by atoms with Crippen molar-refractivity contribution in [2.45, 2.75) is 11.8 Å². The molecule has 0 spiro atoms. The van der Waals surface area contributed by atoms with E-state index in [1.807, 2.05) is 24.3 Å². The summed E-state index contributed by atoms with van der Waals surface area (Å²) < 4.78 is 5.82. The van der Waals surface area contributed by atoms with Crippen LogP contribution in [0.25, 0.3) is 11.3 Å². The first-order valence-electron chi connectivity index (χ1n) is 12.1. The van der Waals surface area contributed by atoms with E-state index >= 15 is 0 Å². The summed E-state index contributed by atoms with van der Waals surface area (Å²) in [5.74, 6) is -2.18. The van der Waals surface area contributed by atoms with Gasteiger partial charge in [-0.2, -0.15) is 10.1 Å². The fourth-order valence-corrected chi connectivity index (χ4v) is 6.27. The molecular formula is C30H20N2O5. The summed E-state index contributed by atoms with van der Waals surface area (Å²) in [7, 11) is 0. The fraction of sp³-hybridized carbons (Fsp3) is 0.133. The van der Waals surface area contributed by atoms with Crippen LogP contribution < -0.4 is 0 Å². The number of hydrogen-bond donors (Lipinski definition) is 1. The van der Waals surface area contributed by atoms with Gasteiger partial charge < -0.3 is 9.52 Å². The van der Waals surface area contributed by atoms with Crippen LogP contribution in [0.1, 0.15) is 50.2 Å². The molecular weight excluding hydrogens is 468 g/mol. The van der Waals surface area contributed by atoms with Crippen LogP contribution in [0, 0.1) is 11.8 Å². The van der Waals surface area contributed by atoms with Gasteiger partial charge in [0, 0.05) is 17.4 Å². The van der Waals surface area contributed by atoms with E-state index in [1.54, 1.807) is 24.3 Å². The number of nitrogens with zero attached hydrogens (tertiary/aromatic N) is 2. The molecule has 0 unspecified atom stereocenters. The number of hydrazone groups is 1. The van der Waals surface area contributed by atoms with Crippen molar-refractivity contribution in [2.24, 2.45) is 16.9 Å². The number of hydrogen-bond acceptors (Lipinski definition) is 5. The Kier molecular flexibility index (Phi) is 4.57. The summed E-state index contributed by atoms with van der Waals surface area (Å²) in [4.78, 5) is 38.5. The van der Waals surface area contributed by atoms with Gasteiger partial charge in [0.1, 0.15) is 11.5 Å². The zero-order valence-electron chi connectivity index (χ0n) is 19.4. The molecule has 2 atom stereocenters. The molecule has 1 aromatic heterocycles. The lowest BCUT2D eigenvalue weighted by Gasteiger charge is -2.45. The molecule has 180 valence electrons. The van der Waals surface area contributed by atoms with Gasteiger partial charge in [-0.05, 0) is 46.5 Å². The number of rotatable bonds is 4. The van der Waals surface area contributed by atoms with E-state index in [1.165, 1.54) is 18.3 Å². The molecule has 1 N–H and O–H groups in total. The highest BCUT2D eigenvalue weighted by molar-refractivity contribution is 6.08. The van der Waals surface area contributed by atoms with Crippen LogP contribution in [0.5, 0.6) is 0 Å². The molecule has 1 aliphatic heterocycles. The lowest BCUT2D eigenvalue weighted by molar-refractivity contribution is -0.139. The first kappa shape index (κ1) is 21.5. The van der Waals surface area contributed by atoms with Crippen LogP contribution >= 0.6 is 0 Å². The summed E-state index contributed by atoms with van der Waals surface area (Å²) in [6, 6.07) is 25.9. The Morgan fingerprint density at radius 1 is 0.784 bits per heavy atom. The van der Waals surface area contributed by atoms with Gasteiger partial charge in [0.25, 0.3) is 11.8 Å². The number of carboxylic acid groups (broad SMARTS) is 1. The molecule has 7 nitrogen and oxygen atoms in total. The van der Waals surface area contributed by atoms with Crippen LogP contribution in [0.2, 0.25) is 0 Å². The van der Waals surface area contributed by atoms with Crippen LogP contribution in [-0.4, -0.2) is 34.1 Å². The molecule has 1 saturated heterocycles. The molecule has 0 saturated carbocycles. The first-order chi connectivity index (χ1) is 18.0. The van der Waals surface area contributed by atoms with Crippen molar-refractivity contribution < 1.29 is 23.9 Å². The Balaban J connectivity index is 1.21. The highest BCUT2D eigenvalue weighted by atomic mass is 16.4. The standard InChI is InChI=1S/C30H20N2O5/c33-28-26-24-19-8-1-2-9-20(19)25(22-11-4-3-10-21(22)24)27(26)29(34)32(28)31-15-18-12-13-23(37-18)16-6-5-7-17(14-16)30(35)36/h1-15,24-27H,(H,35,36)/b31-15-/t24?,25?,26-,27-/m1/s1.